The second-order valence-corrected chi connectivity index (χ2v) is 15.4. The third-order valence-electron chi connectivity index (χ3n) is 10.1. The van der Waals surface area contributed by atoms with Gasteiger partial charge in [0.15, 0.2) is 31.4 Å². The summed E-state index contributed by atoms with van der Waals surface area (Å²) in [5.74, 6) is 0. The molecule has 4 fully saturated rings. The van der Waals surface area contributed by atoms with Crippen molar-refractivity contribution in [3.8, 4) is 0 Å². The monoisotopic (exact) mass is 908 g/mol. The molecule has 352 valence electrons. The first-order valence-electron chi connectivity index (χ1n) is 18.1. The third-order valence-corrected chi connectivity index (χ3v) is 10.6. The second-order valence-electron chi connectivity index (χ2n) is 14.2. The molecule has 0 unspecified atom stereocenters. The van der Waals surface area contributed by atoms with E-state index >= 15 is 0 Å². The van der Waals surface area contributed by atoms with Gasteiger partial charge in [-0.1, -0.05) is 0 Å². The summed E-state index contributed by atoms with van der Waals surface area (Å²) in [6, 6.07) is 0. The molecule has 29 nitrogen and oxygen atoms in total. The van der Waals surface area contributed by atoms with Crippen LogP contribution in [0, 0.1) is 0 Å². The lowest BCUT2D eigenvalue weighted by molar-refractivity contribution is -0.374. The van der Waals surface area contributed by atoms with Crippen LogP contribution in [0.2, 0.25) is 0 Å². The minimum Gasteiger partial charge on any atom is -0.394 e. The highest BCUT2D eigenvalue weighted by Crippen LogP contribution is 2.38. The van der Waals surface area contributed by atoms with E-state index in [9.17, 15) is 91.1 Å². The predicted molar refractivity (Wildman–Crippen MR) is 179 cm³/mol. The van der Waals surface area contributed by atoms with Crippen LogP contribution in [0.1, 0.15) is 0 Å². The number of hydrogen-bond donors (Lipinski definition) is 18. The van der Waals surface area contributed by atoms with Gasteiger partial charge in [-0.05, 0) is 0 Å². The lowest BCUT2D eigenvalue weighted by Gasteiger charge is -2.47. The number of aldehydes is 1. The minimum absolute atomic E-state index is 0.143. The van der Waals surface area contributed by atoms with Crippen LogP contribution < -0.4 is 0 Å². The van der Waals surface area contributed by atoms with Gasteiger partial charge in [0.25, 0.3) is 0 Å². The molecule has 18 N–H and O–H groups in total. The first-order valence-corrected chi connectivity index (χ1v) is 19.7. The molecule has 0 saturated carbocycles. The Balaban J connectivity index is 1.83. The summed E-state index contributed by atoms with van der Waals surface area (Å²) in [4.78, 5) is 31.3. The smallest absolute Gasteiger partial charge is 0.394 e. The van der Waals surface area contributed by atoms with Crippen molar-refractivity contribution in [1.82, 2.24) is 0 Å². The van der Waals surface area contributed by atoms with Crippen molar-refractivity contribution in [2.24, 2.45) is 0 Å². The number of hydrogen-bond acceptors (Lipinski definition) is 27. The van der Waals surface area contributed by atoms with Crippen LogP contribution in [0.3, 0.4) is 0 Å². The van der Waals surface area contributed by atoms with Gasteiger partial charge in [0.2, 0.25) is 0 Å². The molecule has 4 heterocycles. The number of carbonyl (C=O) groups excluding carboxylic acids is 1. The van der Waals surface area contributed by atoms with Crippen molar-refractivity contribution >= 4 is 14.1 Å². The van der Waals surface area contributed by atoms with Crippen LogP contribution in [0.4, 0.5) is 0 Å². The van der Waals surface area contributed by atoms with Crippen LogP contribution in [-0.2, 0) is 51.8 Å². The van der Waals surface area contributed by atoms with Crippen LogP contribution in [-0.4, -0.2) is 278 Å². The summed E-state index contributed by atoms with van der Waals surface area (Å²) < 4.78 is 60.2. The van der Waals surface area contributed by atoms with Crippen molar-refractivity contribution < 1.29 is 143 Å². The van der Waals surface area contributed by atoms with E-state index in [-0.39, 0.29) is 6.29 Å². The molecule has 4 aliphatic heterocycles. The van der Waals surface area contributed by atoms with E-state index in [4.69, 9.17) is 47.7 Å². The first kappa shape index (κ1) is 51.5. The Morgan fingerprint density at radius 3 is 1.15 bits per heavy atom. The quantitative estimate of drug-likeness (QED) is 0.0423. The number of phosphoric ester groups is 1. The molecule has 4 rings (SSSR count). The Bertz CT molecular complexity index is 1360. The molecule has 24 atom stereocenters. The average molecular weight is 909 g/mol. The van der Waals surface area contributed by atoms with Gasteiger partial charge < -0.3 is 134 Å². The van der Waals surface area contributed by atoms with E-state index in [1.807, 2.05) is 0 Å². The summed E-state index contributed by atoms with van der Waals surface area (Å²) >= 11 is 0. The maximum absolute atomic E-state index is 13.0. The summed E-state index contributed by atoms with van der Waals surface area (Å²) in [6.07, 6.45) is -51.7. The maximum atomic E-state index is 13.0. The Morgan fingerprint density at radius 1 is 0.467 bits per heavy atom. The zero-order valence-electron chi connectivity index (χ0n) is 31.0. The highest BCUT2D eigenvalue weighted by molar-refractivity contribution is 7.46. The average Bonchev–Trinajstić information content (AvgIpc) is 3.22. The van der Waals surface area contributed by atoms with Gasteiger partial charge >= 0.3 is 7.82 Å². The van der Waals surface area contributed by atoms with Crippen LogP contribution >= 0.6 is 7.82 Å². The molecular weight excluding hydrogens is 855 g/mol. The molecule has 0 aromatic rings. The van der Waals surface area contributed by atoms with Crippen molar-refractivity contribution in [2.45, 2.75) is 147 Å². The van der Waals surface area contributed by atoms with Gasteiger partial charge in [0.1, 0.15) is 122 Å². The fourth-order valence-corrected chi connectivity index (χ4v) is 6.98. The summed E-state index contributed by atoms with van der Waals surface area (Å²) in [7, 11) is -5.25. The lowest BCUT2D eigenvalue weighted by atomic mass is 9.96. The lowest BCUT2D eigenvalue weighted by Crippen LogP contribution is -2.66. The molecule has 0 bridgehead atoms. The van der Waals surface area contributed by atoms with Crippen molar-refractivity contribution in [3.63, 3.8) is 0 Å². The Kier molecular flexibility index (Phi) is 19.0. The number of aliphatic hydroxyl groups is 16. The fraction of sp³-hybridized carbons (Fsp3) is 0.967. The molecule has 30 heteroatoms. The number of ether oxygens (including phenoxy) is 8. The fourth-order valence-electron chi connectivity index (χ4n) is 6.64. The highest BCUT2D eigenvalue weighted by atomic mass is 31.2. The SMILES string of the molecule is O=C[C@@H](O[C@H]1O[C@H](CO)[C@@H](O)[C@H](O)[C@@H]1O)[C@@H](O[C@H]1O[C@H](CO)[C@@H](O)[C@H](O)[C@@H]1O)[C@H](O[C@H]1O[C@H](CO)[C@@H](O)[C@H](O)[C@@H]1O)[C@@H](CO)O[C@H]1O[C@H](COP(=O)(O)O)[C@@H](O)[C@H](O)[C@@H]1O. The van der Waals surface area contributed by atoms with E-state index in [2.05, 4.69) is 4.52 Å². The largest absolute Gasteiger partial charge is 0.469 e. The molecule has 0 amide bonds. The van der Waals surface area contributed by atoms with Gasteiger partial charge in [-0.15, -0.1) is 0 Å². The molecule has 60 heavy (non-hydrogen) atoms. The van der Waals surface area contributed by atoms with Crippen molar-refractivity contribution in [2.75, 3.05) is 33.0 Å². The second kappa shape index (κ2) is 22.1. The molecule has 4 aliphatic rings. The van der Waals surface area contributed by atoms with E-state index in [0.29, 0.717) is 0 Å². The van der Waals surface area contributed by atoms with E-state index in [1.165, 1.54) is 0 Å². The predicted octanol–water partition coefficient (Wildman–Crippen LogP) is -12.0. The van der Waals surface area contributed by atoms with Crippen molar-refractivity contribution in [1.29, 1.82) is 0 Å². The summed E-state index contributed by atoms with van der Waals surface area (Å²) in [5, 5.41) is 167. The van der Waals surface area contributed by atoms with Crippen LogP contribution in [0.5, 0.6) is 0 Å². The van der Waals surface area contributed by atoms with Gasteiger partial charge in [0.05, 0.1) is 33.0 Å². The van der Waals surface area contributed by atoms with E-state index in [1.54, 1.807) is 0 Å². The minimum atomic E-state index is -5.25. The first-order chi connectivity index (χ1) is 28.1. The zero-order valence-corrected chi connectivity index (χ0v) is 31.9. The Morgan fingerprint density at radius 2 is 0.800 bits per heavy atom. The molecule has 0 radical (unpaired) electrons. The summed E-state index contributed by atoms with van der Waals surface area (Å²) in [6.45, 7) is -5.66. The van der Waals surface area contributed by atoms with Gasteiger partial charge in [0, 0.05) is 0 Å². The highest BCUT2D eigenvalue weighted by Gasteiger charge is 2.54. The van der Waals surface area contributed by atoms with Gasteiger partial charge in [-0.25, -0.2) is 4.57 Å². The van der Waals surface area contributed by atoms with Gasteiger partial charge in [-0.2, -0.15) is 0 Å². The standard InChI is InChI=1S/C30H53O29P/c31-1-7-13(36)17(40)21(44)27(52-7)55-10(4-34)25(58-29-23(46)18(41)14(37)8(2-32)53-29)26(59-30-24(47)19(42)15(38)9(3-33)54-30)11(5-35)56-28-22(45)20(43)16(39)12(57-28)6-51-60(48,49)50/h4,7-33,35-47H,1-3,5-6H2,(H2,48,49,50)/t7-,8-,9-,10-,11-,12-,13-,14-,15-,16-,17+,18+,19+,20+,21+,22+,23+,24+,25-,26-,27-,28+,29-,30-/m1/s1. The Hall–Kier alpha value is -1.18. The molecule has 0 aromatic heterocycles. The molecule has 4 saturated heterocycles. The third kappa shape index (κ3) is 11.7. The molecular formula is C30H53O29P. The number of aliphatic hydroxyl groups excluding tert-OH is 16. The van der Waals surface area contributed by atoms with E-state index < -0.39 is 188 Å². The molecule has 0 spiro atoms. The Labute approximate surface area is 337 Å². The maximum Gasteiger partial charge on any atom is 0.469 e. The molecule has 0 aliphatic carbocycles. The van der Waals surface area contributed by atoms with Gasteiger partial charge in [-0.3, -0.25) is 4.52 Å². The zero-order chi connectivity index (χ0) is 45.0. The van der Waals surface area contributed by atoms with Crippen LogP contribution in [0.15, 0.2) is 0 Å². The molecule has 0 aromatic carbocycles. The summed E-state index contributed by atoms with van der Waals surface area (Å²) in [5.41, 5.74) is 0. The number of rotatable bonds is 19. The van der Waals surface area contributed by atoms with Crippen LogP contribution in [0.25, 0.3) is 0 Å². The number of phosphoric acid groups is 1. The normalized spacial score (nSPS) is 45.1. The van der Waals surface area contributed by atoms with E-state index in [0.717, 1.165) is 0 Å². The number of carbonyl (C=O) groups is 1. The topological polar surface area (TPSA) is 481 Å². The van der Waals surface area contributed by atoms with Crippen molar-refractivity contribution in [3.05, 3.63) is 0 Å².